The molecule has 10 heteroatoms. The maximum absolute atomic E-state index is 13.4. The normalized spacial score (nSPS) is 19.0. The Bertz CT molecular complexity index is 711. The lowest BCUT2D eigenvalue weighted by Gasteiger charge is -2.35. The lowest BCUT2D eigenvalue weighted by Crippen LogP contribution is -2.57. The minimum absolute atomic E-state index is 0. The Morgan fingerprint density at radius 1 is 1.21 bits per heavy atom. The van der Waals surface area contributed by atoms with E-state index in [1.165, 1.54) is 4.90 Å². The van der Waals surface area contributed by atoms with E-state index in [9.17, 15) is 22.8 Å². The van der Waals surface area contributed by atoms with Gasteiger partial charge < -0.3 is 15.5 Å². The van der Waals surface area contributed by atoms with Crippen LogP contribution in [0.5, 0.6) is 0 Å². The predicted octanol–water partition coefficient (Wildman–Crippen LogP) is 1.80. The molecule has 162 valence electrons. The van der Waals surface area contributed by atoms with Crippen LogP contribution in [-0.4, -0.2) is 73.1 Å². The van der Waals surface area contributed by atoms with Crippen molar-refractivity contribution in [3.05, 3.63) is 35.4 Å². The number of piperazine rings is 1. The van der Waals surface area contributed by atoms with E-state index in [1.54, 1.807) is 23.1 Å². The molecule has 1 atom stereocenters. The van der Waals surface area contributed by atoms with Crippen molar-refractivity contribution in [2.45, 2.75) is 31.6 Å². The standard InChI is InChI=1S/C19H25F3N4O2.ClH/c20-19(21,22)16(25-9-6-23-7-10-25)12-24-18(28)15-4-1-3-14(11-15)13-26-8-2-5-17(26)27;/h1,3-4,11,16,23H,2,5-10,12-13H2,(H,24,28);1H. The van der Waals surface area contributed by atoms with Gasteiger partial charge in [0.2, 0.25) is 5.91 Å². The van der Waals surface area contributed by atoms with E-state index in [2.05, 4.69) is 10.6 Å². The highest BCUT2D eigenvalue weighted by Crippen LogP contribution is 2.25. The Hall–Kier alpha value is -1.84. The molecule has 0 aliphatic carbocycles. The van der Waals surface area contributed by atoms with Gasteiger partial charge in [0.05, 0.1) is 0 Å². The van der Waals surface area contributed by atoms with Gasteiger partial charge in [-0.2, -0.15) is 13.2 Å². The van der Waals surface area contributed by atoms with E-state index < -0.39 is 24.7 Å². The van der Waals surface area contributed by atoms with E-state index in [-0.39, 0.29) is 18.3 Å². The molecule has 0 spiro atoms. The molecular weight excluding hydrogens is 409 g/mol. The van der Waals surface area contributed by atoms with Gasteiger partial charge >= 0.3 is 6.18 Å². The number of benzene rings is 1. The molecule has 6 nitrogen and oxygen atoms in total. The van der Waals surface area contributed by atoms with Crippen LogP contribution >= 0.6 is 12.4 Å². The zero-order chi connectivity index (χ0) is 20.1. The van der Waals surface area contributed by atoms with Crippen LogP contribution in [0, 0.1) is 0 Å². The van der Waals surface area contributed by atoms with E-state index in [4.69, 9.17) is 0 Å². The average molecular weight is 435 g/mol. The lowest BCUT2D eigenvalue weighted by molar-refractivity contribution is -0.183. The summed E-state index contributed by atoms with van der Waals surface area (Å²) >= 11 is 0. The van der Waals surface area contributed by atoms with Gasteiger partial charge in [0, 0.05) is 57.8 Å². The Kier molecular flexibility index (Phi) is 8.30. The molecule has 2 aliphatic heterocycles. The molecule has 2 amide bonds. The van der Waals surface area contributed by atoms with E-state index in [0.717, 1.165) is 12.0 Å². The summed E-state index contributed by atoms with van der Waals surface area (Å²) in [5.41, 5.74) is 1.09. The summed E-state index contributed by atoms with van der Waals surface area (Å²) in [6, 6.07) is 4.99. The van der Waals surface area contributed by atoms with Gasteiger partial charge in [0.25, 0.3) is 5.91 Å². The molecule has 2 heterocycles. The van der Waals surface area contributed by atoms with Crippen molar-refractivity contribution >= 4 is 24.2 Å². The van der Waals surface area contributed by atoms with Gasteiger partial charge in [-0.05, 0) is 24.1 Å². The molecule has 2 aliphatic rings. The highest BCUT2D eigenvalue weighted by atomic mass is 35.5. The minimum atomic E-state index is -4.41. The average Bonchev–Trinajstić information content (AvgIpc) is 3.06. The van der Waals surface area contributed by atoms with Gasteiger partial charge in [-0.1, -0.05) is 12.1 Å². The minimum Gasteiger partial charge on any atom is -0.350 e. The van der Waals surface area contributed by atoms with Gasteiger partial charge in [-0.25, -0.2) is 0 Å². The first kappa shape index (κ1) is 23.4. The van der Waals surface area contributed by atoms with Crippen molar-refractivity contribution in [3.63, 3.8) is 0 Å². The molecule has 0 radical (unpaired) electrons. The number of alkyl halides is 3. The number of nitrogens with zero attached hydrogens (tertiary/aromatic N) is 2. The zero-order valence-corrected chi connectivity index (χ0v) is 16.8. The molecular formula is C19H26ClF3N4O2. The number of likely N-dealkylation sites (tertiary alicyclic amines) is 1. The quantitative estimate of drug-likeness (QED) is 0.716. The summed E-state index contributed by atoms with van der Waals surface area (Å²) in [5.74, 6) is -0.460. The highest BCUT2D eigenvalue weighted by Gasteiger charge is 2.43. The first-order valence-corrected chi connectivity index (χ1v) is 9.51. The van der Waals surface area contributed by atoms with Crippen molar-refractivity contribution < 1.29 is 22.8 Å². The van der Waals surface area contributed by atoms with Gasteiger partial charge in [-0.15, -0.1) is 12.4 Å². The third-order valence-electron chi connectivity index (χ3n) is 5.16. The summed E-state index contributed by atoms with van der Waals surface area (Å²) < 4.78 is 40.3. The lowest BCUT2D eigenvalue weighted by atomic mass is 10.1. The SMILES string of the molecule is Cl.O=C(NCC(N1CCNCC1)C(F)(F)F)c1cccc(CN2CCCC2=O)c1. The topological polar surface area (TPSA) is 64.7 Å². The molecule has 3 rings (SSSR count). The highest BCUT2D eigenvalue weighted by molar-refractivity contribution is 5.94. The molecule has 2 saturated heterocycles. The number of hydrogen-bond acceptors (Lipinski definition) is 4. The van der Waals surface area contributed by atoms with Crippen molar-refractivity contribution in [1.29, 1.82) is 0 Å². The fourth-order valence-electron chi connectivity index (χ4n) is 3.64. The maximum atomic E-state index is 13.4. The molecule has 2 N–H and O–H groups in total. The van der Waals surface area contributed by atoms with Crippen LogP contribution in [0.15, 0.2) is 24.3 Å². The Labute approximate surface area is 174 Å². The zero-order valence-electron chi connectivity index (χ0n) is 16.0. The summed E-state index contributed by atoms with van der Waals surface area (Å²) in [4.78, 5) is 27.2. The largest absolute Gasteiger partial charge is 0.405 e. The van der Waals surface area contributed by atoms with Crippen LogP contribution in [0.25, 0.3) is 0 Å². The van der Waals surface area contributed by atoms with Crippen LogP contribution in [0.2, 0.25) is 0 Å². The number of amides is 2. The maximum Gasteiger partial charge on any atom is 0.405 e. The summed E-state index contributed by atoms with van der Waals surface area (Å²) in [6.45, 7) is 2.19. The molecule has 0 aromatic heterocycles. The summed E-state index contributed by atoms with van der Waals surface area (Å²) in [6.07, 6.45) is -3.06. The van der Waals surface area contributed by atoms with Crippen LogP contribution in [-0.2, 0) is 11.3 Å². The third-order valence-corrected chi connectivity index (χ3v) is 5.16. The second kappa shape index (κ2) is 10.3. The monoisotopic (exact) mass is 434 g/mol. The molecule has 1 unspecified atom stereocenters. The second-order valence-corrected chi connectivity index (χ2v) is 7.17. The number of halogens is 4. The number of carbonyl (C=O) groups is 2. The fraction of sp³-hybridized carbons (Fsp3) is 0.579. The molecule has 1 aromatic carbocycles. The van der Waals surface area contributed by atoms with Gasteiger partial charge in [0.15, 0.2) is 0 Å². The van der Waals surface area contributed by atoms with Crippen molar-refractivity contribution in [2.75, 3.05) is 39.3 Å². The Balaban J connectivity index is 0.00000300. The van der Waals surface area contributed by atoms with Crippen LogP contribution in [0.4, 0.5) is 13.2 Å². The smallest absolute Gasteiger partial charge is 0.350 e. The van der Waals surface area contributed by atoms with E-state index >= 15 is 0 Å². The van der Waals surface area contributed by atoms with E-state index in [0.29, 0.717) is 51.3 Å². The first-order chi connectivity index (χ1) is 13.3. The first-order valence-electron chi connectivity index (χ1n) is 9.51. The van der Waals surface area contributed by atoms with Crippen LogP contribution in [0.1, 0.15) is 28.8 Å². The molecule has 1 aromatic rings. The Morgan fingerprint density at radius 2 is 1.93 bits per heavy atom. The number of rotatable bonds is 6. The van der Waals surface area contributed by atoms with E-state index in [1.807, 2.05) is 6.07 Å². The summed E-state index contributed by atoms with van der Waals surface area (Å²) in [5, 5.41) is 5.46. The number of nitrogens with one attached hydrogen (secondary N) is 2. The predicted molar refractivity (Wildman–Crippen MR) is 105 cm³/mol. The van der Waals surface area contributed by atoms with Crippen molar-refractivity contribution in [3.8, 4) is 0 Å². The number of carbonyl (C=O) groups excluding carboxylic acids is 2. The molecule has 29 heavy (non-hydrogen) atoms. The second-order valence-electron chi connectivity index (χ2n) is 7.17. The fourth-order valence-corrected chi connectivity index (χ4v) is 3.64. The Morgan fingerprint density at radius 3 is 2.55 bits per heavy atom. The molecule has 0 saturated carbocycles. The summed E-state index contributed by atoms with van der Waals surface area (Å²) in [7, 11) is 0. The number of hydrogen-bond donors (Lipinski definition) is 2. The third kappa shape index (κ3) is 6.32. The van der Waals surface area contributed by atoms with Crippen molar-refractivity contribution in [2.24, 2.45) is 0 Å². The van der Waals surface area contributed by atoms with Crippen molar-refractivity contribution in [1.82, 2.24) is 20.4 Å². The van der Waals surface area contributed by atoms with Gasteiger partial charge in [-0.3, -0.25) is 14.5 Å². The van der Waals surface area contributed by atoms with Crippen LogP contribution in [0.3, 0.4) is 0 Å². The van der Waals surface area contributed by atoms with Gasteiger partial charge in [0.1, 0.15) is 6.04 Å². The van der Waals surface area contributed by atoms with Crippen LogP contribution < -0.4 is 10.6 Å². The molecule has 2 fully saturated rings. The molecule has 0 bridgehead atoms.